The van der Waals surface area contributed by atoms with Crippen LogP contribution >= 0.6 is 36.4 Å². The minimum absolute atomic E-state index is 0. The predicted molar refractivity (Wildman–Crippen MR) is 110 cm³/mol. The second-order valence-corrected chi connectivity index (χ2v) is 6.33. The molecular formula is C18H24Cl3N3O2. The maximum absolute atomic E-state index is 10.2. The number of halogens is 3. The van der Waals surface area contributed by atoms with Crippen LogP contribution in [0.1, 0.15) is 0 Å². The van der Waals surface area contributed by atoms with E-state index < -0.39 is 6.10 Å². The zero-order chi connectivity index (χ0) is 16.8. The Kier molecular flexibility index (Phi) is 10.1. The maximum Gasteiger partial charge on any atom is 0.128 e. The van der Waals surface area contributed by atoms with Crippen LogP contribution in [0.2, 0.25) is 5.02 Å². The van der Waals surface area contributed by atoms with Crippen LogP contribution in [0.25, 0.3) is 0 Å². The lowest BCUT2D eigenvalue weighted by molar-refractivity contribution is 0.0662. The van der Waals surface area contributed by atoms with Gasteiger partial charge in [-0.2, -0.15) is 0 Å². The van der Waals surface area contributed by atoms with Gasteiger partial charge in [0.05, 0.1) is 0 Å². The highest BCUT2D eigenvalue weighted by molar-refractivity contribution is 6.30. The second kappa shape index (κ2) is 11.5. The highest BCUT2D eigenvalue weighted by Crippen LogP contribution is 2.16. The van der Waals surface area contributed by atoms with Crippen LogP contribution in [0.5, 0.6) is 5.75 Å². The van der Waals surface area contributed by atoms with Crippen molar-refractivity contribution in [2.45, 2.75) is 6.10 Å². The minimum atomic E-state index is -0.512. The molecule has 1 aliphatic rings. The summed E-state index contributed by atoms with van der Waals surface area (Å²) in [6, 6.07) is 13.1. The first kappa shape index (κ1) is 22.8. The van der Waals surface area contributed by atoms with Crippen LogP contribution in [0.4, 0.5) is 5.82 Å². The summed E-state index contributed by atoms with van der Waals surface area (Å²) < 4.78 is 5.60. The van der Waals surface area contributed by atoms with E-state index >= 15 is 0 Å². The molecule has 1 aromatic carbocycles. The number of β-amino-alcohol motifs (C(OH)–C–C–N with tert-alkyl or cyclic N) is 1. The first-order valence-electron chi connectivity index (χ1n) is 8.15. The number of aliphatic hydroxyl groups excluding tert-OH is 1. The van der Waals surface area contributed by atoms with Gasteiger partial charge in [-0.25, -0.2) is 4.98 Å². The van der Waals surface area contributed by atoms with Crippen LogP contribution < -0.4 is 9.64 Å². The Morgan fingerprint density at radius 3 is 2.35 bits per heavy atom. The van der Waals surface area contributed by atoms with E-state index in [1.807, 2.05) is 24.4 Å². The van der Waals surface area contributed by atoms with E-state index in [1.54, 1.807) is 24.3 Å². The third kappa shape index (κ3) is 6.82. The zero-order valence-corrected chi connectivity index (χ0v) is 16.7. The molecule has 1 fully saturated rings. The lowest BCUT2D eigenvalue weighted by Gasteiger charge is -2.36. The summed E-state index contributed by atoms with van der Waals surface area (Å²) >= 11 is 5.84. The van der Waals surface area contributed by atoms with Gasteiger partial charge in [-0.1, -0.05) is 17.7 Å². The fraction of sp³-hybridized carbons (Fsp3) is 0.389. The molecule has 26 heavy (non-hydrogen) atoms. The number of piperazine rings is 1. The molecule has 0 bridgehead atoms. The average molecular weight is 421 g/mol. The number of aromatic nitrogens is 1. The van der Waals surface area contributed by atoms with E-state index in [1.165, 1.54) is 0 Å². The van der Waals surface area contributed by atoms with Crippen molar-refractivity contribution < 1.29 is 9.84 Å². The monoisotopic (exact) mass is 419 g/mol. The van der Waals surface area contributed by atoms with Gasteiger partial charge in [-0.15, -0.1) is 24.8 Å². The molecule has 1 atom stereocenters. The van der Waals surface area contributed by atoms with Gasteiger partial charge in [-0.05, 0) is 36.4 Å². The normalized spacial score (nSPS) is 15.5. The van der Waals surface area contributed by atoms with Crippen molar-refractivity contribution >= 4 is 42.2 Å². The highest BCUT2D eigenvalue weighted by Gasteiger charge is 2.20. The topological polar surface area (TPSA) is 48.8 Å². The Morgan fingerprint density at radius 2 is 1.73 bits per heavy atom. The zero-order valence-electron chi connectivity index (χ0n) is 14.3. The maximum atomic E-state index is 10.2. The van der Waals surface area contributed by atoms with Crippen molar-refractivity contribution in [1.82, 2.24) is 9.88 Å². The van der Waals surface area contributed by atoms with Crippen LogP contribution in [-0.4, -0.2) is 60.4 Å². The van der Waals surface area contributed by atoms with Gasteiger partial charge in [0.1, 0.15) is 24.3 Å². The van der Waals surface area contributed by atoms with E-state index in [0.29, 0.717) is 11.6 Å². The summed E-state index contributed by atoms with van der Waals surface area (Å²) in [5, 5.41) is 10.9. The molecule has 0 saturated carbocycles. The highest BCUT2D eigenvalue weighted by atomic mass is 35.5. The second-order valence-electron chi connectivity index (χ2n) is 5.89. The van der Waals surface area contributed by atoms with Gasteiger partial charge < -0.3 is 14.7 Å². The summed E-state index contributed by atoms with van der Waals surface area (Å²) in [4.78, 5) is 8.92. The molecule has 8 heteroatoms. The van der Waals surface area contributed by atoms with E-state index in [2.05, 4.69) is 14.8 Å². The SMILES string of the molecule is Cl.Cl.OC(COc1ccc(Cl)cc1)CN1CCN(c2ccccn2)CC1. The molecule has 1 unspecified atom stereocenters. The number of anilines is 1. The predicted octanol–water partition coefficient (Wildman–Crippen LogP) is 3.14. The van der Waals surface area contributed by atoms with Crippen LogP contribution in [0, 0.1) is 0 Å². The fourth-order valence-electron chi connectivity index (χ4n) is 2.77. The van der Waals surface area contributed by atoms with E-state index in [9.17, 15) is 5.11 Å². The smallest absolute Gasteiger partial charge is 0.128 e. The largest absolute Gasteiger partial charge is 0.491 e. The van der Waals surface area contributed by atoms with E-state index in [0.717, 1.165) is 37.7 Å². The number of ether oxygens (including phenoxy) is 1. The number of aliphatic hydroxyl groups is 1. The van der Waals surface area contributed by atoms with Crippen molar-refractivity contribution in [1.29, 1.82) is 0 Å². The van der Waals surface area contributed by atoms with Crippen LogP contribution in [0.15, 0.2) is 48.7 Å². The Balaban J connectivity index is 0.00000169. The van der Waals surface area contributed by atoms with E-state index in [4.69, 9.17) is 16.3 Å². The van der Waals surface area contributed by atoms with Gasteiger partial charge in [-0.3, -0.25) is 4.90 Å². The summed E-state index contributed by atoms with van der Waals surface area (Å²) in [5.41, 5.74) is 0. The summed E-state index contributed by atoms with van der Waals surface area (Å²) in [6.45, 7) is 4.55. The lowest BCUT2D eigenvalue weighted by atomic mass is 10.2. The van der Waals surface area contributed by atoms with Crippen molar-refractivity contribution in [3.05, 3.63) is 53.7 Å². The standard InChI is InChI=1S/C18H22ClN3O2.2ClH/c19-15-4-6-17(7-5-15)24-14-16(23)13-21-9-11-22(12-10-21)18-3-1-2-8-20-18;;/h1-8,16,23H,9-14H2;2*1H. The lowest BCUT2D eigenvalue weighted by Crippen LogP contribution is -2.49. The van der Waals surface area contributed by atoms with Crippen molar-refractivity contribution in [2.24, 2.45) is 0 Å². The average Bonchev–Trinajstić information content (AvgIpc) is 2.63. The number of pyridine rings is 1. The quantitative estimate of drug-likeness (QED) is 0.778. The van der Waals surface area contributed by atoms with Gasteiger partial charge >= 0.3 is 0 Å². The molecule has 0 radical (unpaired) electrons. The van der Waals surface area contributed by atoms with Crippen LogP contribution in [0.3, 0.4) is 0 Å². The number of hydrogen-bond acceptors (Lipinski definition) is 5. The molecular weight excluding hydrogens is 397 g/mol. The van der Waals surface area contributed by atoms with Gasteiger partial charge in [0.25, 0.3) is 0 Å². The molecule has 1 aliphatic heterocycles. The molecule has 2 heterocycles. The van der Waals surface area contributed by atoms with Crippen molar-refractivity contribution in [3.8, 4) is 5.75 Å². The van der Waals surface area contributed by atoms with Crippen molar-refractivity contribution in [3.63, 3.8) is 0 Å². The Labute approximate surface area is 171 Å². The molecule has 3 rings (SSSR count). The Hall–Kier alpha value is -1.24. The molecule has 1 N–H and O–H groups in total. The van der Waals surface area contributed by atoms with Crippen LogP contribution in [-0.2, 0) is 0 Å². The number of rotatable bonds is 6. The number of nitrogens with zero attached hydrogens (tertiary/aromatic N) is 3. The van der Waals surface area contributed by atoms with Gasteiger partial charge in [0, 0.05) is 43.9 Å². The fourth-order valence-corrected chi connectivity index (χ4v) is 2.90. The molecule has 0 spiro atoms. The van der Waals surface area contributed by atoms with Gasteiger partial charge in [0.2, 0.25) is 0 Å². The molecule has 2 aromatic rings. The first-order chi connectivity index (χ1) is 11.7. The molecule has 0 aliphatic carbocycles. The molecule has 1 aromatic heterocycles. The molecule has 1 saturated heterocycles. The summed E-state index contributed by atoms with van der Waals surface area (Å²) in [5.74, 6) is 1.74. The summed E-state index contributed by atoms with van der Waals surface area (Å²) in [6.07, 6.45) is 1.31. The third-order valence-corrected chi connectivity index (χ3v) is 4.32. The molecule has 0 amide bonds. The number of hydrogen-bond donors (Lipinski definition) is 1. The summed E-state index contributed by atoms with van der Waals surface area (Å²) in [7, 11) is 0. The van der Waals surface area contributed by atoms with Gasteiger partial charge in [0.15, 0.2) is 0 Å². The number of benzene rings is 1. The molecule has 144 valence electrons. The third-order valence-electron chi connectivity index (χ3n) is 4.07. The Bertz CT molecular complexity index is 623. The minimum Gasteiger partial charge on any atom is -0.491 e. The van der Waals surface area contributed by atoms with Crippen molar-refractivity contribution in [2.75, 3.05) is 44.2 Å². The first-order valence-corrected chi connectivity index (χ1v) is 8.53. The Morgan fingerprint density at radius 1 is 1.04 bits per heavy atom. The molecule has 5 nitrogen and oxygen atoms in total. The van der Waals surface area contributed by atoms with E-state index in [-0.39, 0.29) is 31.4 Å².